The van der Waals surface area contributed by atoms with Crippen LogP contribution in [0.4, 0.5) is 5.82 Å². The highest BCUT2D eigenvalue weighted by molar-refractivity contribution is 5.69. The van der Waals surface area contributed by atoms with Crippen LogP contribution in [0.1, 0.15) is 11.3 Å². The number of aliphatic carboxylic acids is 1. The molecule has 8 heteroatoms. The van der Waals surface area contributed by atoms with Gasteiger partial charge in [0.15, 0.2) is 11.6 Å². The summed E-state index contributed by atoms with van der Waals surface area (Å²) >= 11 is 0. The predicted molar refractivity (Wildman–Crippen MR) is 94.2 cm³/mol. The second-order valence-corrected chi connectivity index (χ2v) is 6.54. The monoisotopic (exact) mass is 358 g/mol. The molecule has 1 N–H and O–H groups in total. The molecule has 0 radical (unpaired) electrons. The number of fused-ring (bicyclic) bond motifs is 1. The number of carboxylic acids is 1. The van der Waals surface area contributed by atoms with Gasteiger partial charge in [0.05, 0.1) is 31.7 Å². The largest absolute Gasteiger partial charge is 0.480 e. The Morgan fingerprint density at radius 2 is 1.96 bits per heavy atom. The highest BCUT2D eigenvalue weighted by Crippen LogP contribution is 2.28. The summed E-state index contributed by atoms with van der Waals surface area (Å²) < 4.78 is 11.0. The van der Waals surface area contributed by atoms with Gasteiger partial charge in [0.1, 0.15) is 5.82 Å². The van der Waals surface area contributed by atoms with Gasteiger partial charge < -0.3 is 19.2 Å². The first-order chi connectivity index (χ1) is 12.7. The SMILES string of the molecule is O=C(O)CN1CCc2nc(-c3ccco3)nc(N3CCOCC3)c2CC1. The minimum atomic E-state index is -0.799. The zero-order valence-corrected chi connectivity index (χ0v) is 14.6. The van der Waals surface area contributed by atoms with Gasteiger partial charge in [-0.3, -0.25) is 9.69 Å². The molecule has 0 spiro atoms. The van der Waals surface area contributed by atoms with Crippen molar-refractivity contribution in [2.45, 2.75) is 12.8 Å². The summed E-state index contributed by atoms with van der Waals surface area (Å²) in [7, 11) is 0. The van der Waals surface area contributed by atoms with Crippen LogP contribution in [0.5, 0.6) is 0 Å². The number of morpholine rings is 1. The third-order valence-corrected chi connectivity index (χ3v) is 4.82. The van der Waals surface area contributed by atoms with Crippen molar-refractivity contribution in [2.24, 2.45) is 0 Å². The first kappa shape index (κ1) is 17.0. The standard InChI is InChI=1S/C18H22N4O4/c23-16(24)12-21-5-3-13-14(4-6-21)19-17(15-2-1-9-26-15)20-18(13)22-7-10-25-11-8-22/h1-2,9H,3-8,10-12H2,(H,23,24). The van der Waals surface area contributed by atoms with Gasteiger partial charge in [-0.25, -0.2) is 9.97 Å². The molecule has 2 aromatic heterocycles. The number of nitrogens with zero attached hydrogens (tertiary/aromatic N) is 4. The predicted octanol–water partition coefficient (Wildman–Crippen LogP) is 1.06. The van der Waals surface area contributed by atoms with Gasteiger partial charge in [0, 0.05) is 38.2 Å². The van der Waals surface area contributed by atoms with E-state index in [-0.39, 0.29) is 6.54 Å². The molecule has 0 aromatic carbocycles. The Morgan fingerprint density at radius 3 is 2.69 bits per heavy atom. The van der Waals surface area contributed by atoms with Crippen LogP contribution in [0.3, 0.4) is 0 Å². The van der Waals surface area contributed by atoms with Crippen LogP contribution in [0.2, 0.25) is 0 Å². The van der Waals surface area contributed by atoms with Gasteiger partial charge in [-0.15, -0.1) is 0 Å². The Kier molecular flexibility index (Phi) is 4.85. The van der Waals surface area contributed by atoms with E-state index in [2.05, 4.69) is 4.90 Å². The molecule has 1 fully saturated rings. The number of anilines is 1. The number of hydrogen-bond acceptors (Lipinski definition) is 7. The summed E-state index contributed by atoms with van der Waals surface area (Å²) in [5.74, 6) is 1.37. The number of aromatic nitrogens is 2. The van der Waals surface area contributed by atoms with Crippen molar-refractivity contribution in [3.8, 4) is 11.6 Å². The molecule has 0 atom stereocenters. The average Bonchev–Trinajstić information content (AvgIpc) is 3.11. The molecule has 8 nitrogen and oxygen atoms in total. The Hall–Kier alpha value is -2.45. The minimum Gasteiger partial charge on any atom is -0.480 e. The first-order valence-corrected chi connectivity index (χ1v) is 8.91. The molecule has 2 aliphatic heterocycles. The first-order valence-electron chi connectivity index (χ1n) is 8.91. The molecule has 0 aliphatic carbocycles. The number of ether oxygens (including phenoxy) is 1. The fourth-order valence-corrected chi connectivity index (χ4v) is 3.53. The van der Waals surface area contributed by atoms with E-state index < -0.39 is 5.97 Å². The lowest BCUT2D eigenvalue weighted by atomic mass is 10.1. The molecule has 0 amide bonds. The van der Waals surface area contributed by atoms with E-state index in [1.165, 1.54) is 0 Å². The van der Waals surface area contributed by atoms with Crippen LogP contribution in [-0.2, 0) is 22.4 Å². The molecule has 0 bridgehead atoms. The van der Waals surface area contributed by atoms with Crippen molar-refractivity contribution < 1.29 is 19.1 Å². The van der Waals surface area contributed by atoms with Crippen molar-refractivity contribution in [3.63, 3.8) is 0 Å². The molecular weight excluding hydrogens is 336 g/mol. The number of furan rings is 1. The van der Waals surface area contributed by atoms with Crippen LogP contribution >= 0.6 is 0 Å². The maximum Gasteiger partial charge on any atom is 0.317 e. The summed E-state index contributed by atoms with van der Waals surface area (Å²) in [6, 6.07) is 3.69. The second-order valence-electron chi connectivity index (χ2n) is 6.54. The minimum absolute atomic E-state index is 0.0549. The molecule has 26 heavy (non-hydrogen) atoms. The zero-order chi connectivity index (χ0) is 17.9. The van der Waals surface area contributed by atoms with Gasteiger partial charge in [0.25, 0.3) is 0 Å². The van der Waals surface area contributed by atoms with Gasteiger partial charge in [-0.2, -0.15) is 0 Å². The van der Waals surface area contributed by atoms with Crippen LogP contribution in [0.25, 0.3) is 11.6 Å². The maximum atomic E-state index is 11.1. The number of rotatable bonds is 4. The summed E-state index contributed by atoms with van der Waals surface area (Å²) in [4.78, 5) is 24.8. The molecule has 138 valence electrons. The molecule has 0 saturated carbocycles. The van der Waals surface area contributed by atoms with Crippen LogP contribution in [-0.4, -0.2) is 71.9 Å². The summed E-state index contributed by atoms with van der Waals surface area (Å²) in [6.45, 7) is 4.37. The number of hydrogen-bond donors (Lipinski definition) is 1. The lowest BCUT2D eigenvalue weighted by Gasteiger charge is -2.30. The number of carboxylic acid groups (broad SMARTS) is 1. The topological polar surface area (TPSA) is 91.9 Å². The van der Waals surface area contributed by atoms with E-state index in [1.54, 1.807) is 6.26 Å². The lowest BCUT2D eigenvalue weighted by molar-refractivity contribution is -0.138. The maximum absolute atomic E-state index is 11.1. The summed E-state index contributed by atoms with van der Waals surface area (Å²) in [5, 5.41) is 9.10. The van der Waals surface area contributed by atoms with E-state index in [4.69, 9.17) is 24.2 Å². The smallest absolute Gasteiger partial charge is 0.317 e. The lowest BCUT2D eigenvalue weighted by Crippen LogP contribution is -2.38. The number of carbonyl (C=O) groups is 1. The van der Waals surface area contributed by atoms with Gasteiger partial charge in [0.2, 0.25) is 0 Å². The van der Waals surface area contributed by atoms with E-state index >= 15 is 0 Å². The van der Waals surface area contributed by atoms with Gasteiger partial charge in [-0.05, 0) is 18.6 Å². The summed E-state index contributed by atoms with van der Waals surface area (Å²) in [6.07, 6.45) is 3.07. The zero-order valence-electron chi connectivity index (χ0n) is 14.6. The molecule has 0 unspecified atom stereocenters. The Bertz CT molecular complexity index is 772. The summed E-state index contributed by atoms with van der Waals surface area (Å²) in [5.41, 5.74) is 2.11. The van der Waals surface area contributed by atoms with Crippen LogP contribution < -0.4 is 4.90 Å². The van der Waals surface area contributed by atoms with Crippen LogP contribution in [0, 0.1) is 0 Å². The average molecular weight is 358 g/mol. The Morgan fingerprint density at radius 1 is 1.15 bits per heavy atom. The van der Waals surface area contributed by atoms with Crippen molar-refractivity contribution in [2.75, 3.05) is 50.8 Å². The third-order valence-electron chi connectivity index (χ3n) is 4.82. The highest BCUT2D eigenvalue weighted by atomic mass is 16.5. The van der Waals surface area contributed by atoms with E-state index in [0.717, 1.165) is 36.6 Å². The quantitative estimate of drug-likeness (QED) is 0.867. The molecule has 1 saturated heterocycles. The Labute approximate surface area is 151 Å². The van der Waals surface area contributed by atoms with Crippen molar-refractivity contribution in [3.05, 3.63) is 29.7 Å². The molecule has 2 aliphatic rings. The molecular formula is C18H22N4O4. The fourth-order valence-electron chi connectivity index (χ4n) is 3.53. The fraction of sp³-hybridized carbons (Fsp3) is 0.500. The second kappa shape index (κ2) is 7.43. The van der Waals surface area contributed by atoms with E-state index in [1.807, 2.05) is 17.0 Å². The highest BCUT2D eigenvalue weighted by Gasteiger charge is 2.25. The van der Waals surface area contributed by atoms with E-state index in [0.29, 0.717) is 44.3 Å². The molecule has 2 aromatic rings. The third kappa shape index (κ3) is 3.56. The van der Waals surface area contributed by atoms with Crippen molar-refractivity contribution in [1.82, 2.24) is 14.9 Å². The van der Waals surface area contributed by atoms with Crippen molar-refractivity contribution in [1.29, 1.82) is 0 Å². The molecule has 4 rings (SSSR count). The van der Waals surface area contributed by atoms with Gasteiger partial charge in [-0.1, -0.05) is 0 Å². The molecule has 4 heterocycles. The Balaban J connectivity index is 1.70. The van der Waals surface area contributed by atoms with Crippen molar-refractivity contribution >= 4 is 11.8 Å². The van der Waals surface area contributed by atoms with Crippen LogP contribution in [0.15, 0.2) is 22.8 Å². The normalized spacial score (nSPS) is 18.4. The van der Waals surface area contributed by atoms with E-state index in [9.17, 15) is 4.79 Å². The van der Waals surface area contributed by atoms with Gasteiger partial charge >= 0.3 is 5.97 Å².